The van der Waals surface area contributed by atoms with Gasteiger partial charge in [-0.15, -0.1) is 0 Å². The summed E-state index contributed by atoms with van der Waals surface area (Å²) in [6.45, 7) is 5.43. The molecule has 6 aliphatic rings. The second-order valence-corrected chi connectivity index (χ2v) is 12.3. The van der Waals surface area contributed by atoms with Gasteiger partial charge >= 0.3 is 5.97 Å². The molecule has 12 heteroatoms. The molecule has 39 heavy (non-hydrogen) atoms. The van der Waals surface area contributed by atoms with Crippen LogP contribution in [-0.2, 0) is 47.4 Å². The van der Waals surface area contributed by atoms with E-state index in [1.165, 1.54) is 21.3 Å². The molecule has 2 bridgehead atoms. The van der Waals surface area contributed by atoms with E-state index in [0.717, 1.165) is 6.42 Å². The summed E-state index contributed by atoms with van der Waals surface area (Å²) in [5, 5.41) is 22.6. The van der Waals surface area contributed by atoms with Crippen LogP contribution in [0.4, 0.5) is 0 Å². The summed E-state index contributed by atoms with van der Waals surface area (Å²) in [5.74, 6) is -2.48. The minimum Gasteiger partial charge on any atom is -0.467 e. The van der Waals surface area contributed by atoms with Gasteiger partial charge in [0.25, 0.3) is 0 Å². The monoisotopic (exact) mass is 558 g/mol. The molecule has 0 aromatic heterocycles. The summed E-state index contributed by atoms with van der Waals surface area (Å²) in [5.41, 5.74) is -3.00. The van der Waals surface area contributed by atoms with Crippen LogP contribution < -0.4 is 0 Å². The van der Waals surface area contributed by atoms with Crippen molar-refractivity contribution in [3.8, 4) is 0 Å². The van der Waals surface area contributed by atoms with Gasteiger partial charge in [0.1, 0.15) is 25.8 Å². The quantitative estimate of drug-likeness (QED) is 0.330. The van der Waals surface area contributed by atoms with Crippen molar-refractivity contribution in [3.05, 3.63) is 0 Å². The lowest BCUT2D eigenvalue weighted by molar-refractivity contribution is -0.375. The highest BCUT2D eigenvalue weighted by Crippen LogP contribution is 2.74. The molecule has 6 rings (SSSR count). The van der Waals surface area contributed by atoms with Crippen molar-refractivity contribution in [2.75, 3.05) is 54.7 Å². The molecule has 0 amide bonds. The van der Waals surface area contributed by atoms with Crippen molar-refractivity contribution in [1.82, 2.24) is 0 Å². The van der Waals surface area contributed by atoms with E-state index in [4.69, 9.17) is 42.6 Å². The number of esters is 1. The Kier molecular flexibility index (Phi) is 7.10. The van der Waals surface area contributed by atoms with Crippen LogP contribution in [0.15, 0.2) is 0 Å². The van der Waals surface area contributed by atoms with Crippen LogP contribution in [0.5, 0.6) is 0 Å². The lowest BCUT2D eigenvalue weighted by Gasteiger charge is -2.70. The predicted molar refractivity (Wildman–Crippen MR) is 130 cm³/mol. The number of hydrogen-bond donors (Lipinski definition) is 2. The fourth-order valence-electron chi connectivity index (χ4n) is 9.81. The second kappa shape index (κ2) is 9.82. The average molecular weight is 559 g/mol. The van der Waals surface area contributed by atoms with E-state index in [1.807, 2.05) is 0 Å². The molecule has 3 saturated carbocycles. The van der Waals surface area contributed by atoms with E-state index < -0.39 is 59.4 Å². The van der Waals surface area contributed by atoms with Crippen LogP contribution in [0, 0.1) is 34.5 Å². The average Bonchev–Trinajstić information content (AvgIpc) is 3.52. The van der Waals surface area contributed by atoms with Crippen LogP contribution in [0.1, 0.15) is 33.1 Å². The Morgan fingerprint density at radius 2 is 1.67 bits per heavy atom. The maximum absolute atomic E-state index is 13.7. The van der Waals surface area contributed by atoms with Gasteiger partial charge in [0.05, 0.1) is 39.1 Å². The number of aliphatic hydroxyl groups is 2. The number of aliphatic hydroxyl groups excluding tert-OH is 2. The summed E-state index contributed by atoms with van der Waals surface area (Å²) in [7, 11) is 4.30. The highest BCUT2D eigenvalue weighted by molar-refractivity contribution is 5.82. The summed E-state index contributed by atoms with van der Waals surface area (Å²) < 4.78 is 53.8. The van der Waals surface area contributed by atoms with Crippen LogP contribution in [0.25, 0.3) is 0 Å². The highest BCUT2D eigenvalue weighted by Gasteiger charge is 2.85. The lowest BCUT2D eigenvalue weighted by atomic mass is 9.37. The molecule has 6 fully saturated rings. The maximum atomic E-state index is 13.7. The van der Waals surface area contributed by atoms with Gasteiger partial charge in [0.2, 0.25) is 0 Å². The topological polar surface area (TPSA) is 141 Å². The van der Waals surface area contributed by atoms with E-state index in [0.29, 0.717) is 26.1 Å². The normalized spacial score (nSPS) is 51.4. The van der Waals surface area contributed by atoms with Crippen molar-refractivity contribution >= 4 is 5.97 Å². The molecule has 12 nitrogen and oxygen atoms in total. The molecule has 0 aromatic carbocycles. The third-order valence-electron chi connectivity index (χ3n) is 11.1. The van der Waals surface area contributed by atoms with Crippen molar-refractivity contribution < 1.29 is 57.6 Å². The molecular formula is C27H42O12. The molecule has 3 aliphatic carbocycles. The minimum atomic E-state index is -1.76. The minimum absolute atomic E-state index is 0.0122. The summed E-state index contributed by atoms with van der Waals surface area (Å²) in [6, 6.07) is 0. The first-order chi connectivity index (χ1) is 18.7. The molecule has 3 saturated heterocycles. The molecule has 3 aliphatic heterocycles. The maximum Gasteiger partial charge on any atom is 0.341 e. The molecule has 2 N–H and O–H groups in total. The second-order valence-electron chi connectivity index (χ2n) is 12.3. The molecule has 222 valence electrons. The Hall–Kier alpha value is -0.930. The molecule has 2 spiro atoms. The molecular weight excluding hydrogens is 516 g/mol. The van der Waals surface area contributed by atoms with E-state index in [2.05, 4.69) is 13.8 Å². The third-order valence-corrected chi connectivity index (χ3v) is 11.1. The fraction of sp³-hybridized carbons (Fsp3) is 0.963. The molecule has 3 heterocycles. The van der Waals surface area contributed by atoms with E-state index >= 15 is 0 Å². The third kappa shape index (κ3) is 3.50. The Morgan fingerprint density at radius 1 is 0.974 bits per heavy atom. The van der Waals surface area contributed by atoms with Gasteiger partial charge in [-0.3, -0.25) is 0 Å². The Morgan fingerprint density at radius 3 is 2.33 bits per heavy atom. The number of rotatable bonds is 7. The SMILES string of the molecule is COCO[C@@H]1[C@@H]2[C@@]3(C)CCC4(OCCO4)[C@@H](C)[C@@H]3C[C@H]3O[C@H](O)[C@H](O)[C@H]4[C@](C(=O)OC)(OC[C@]234)[C@H]1OCOC. The number of carbonyl (C=O) groups is 1. The van der Waals surface area contributed by atoms with Crippen LogP contribution in [0.3, 0.4) is 0 Å². The standard InChI is InChI=1S/C27H42O12/c1-14-15-10-16-25-11-38-27(23(30)33-5,19(25)17(28)22(29)39-16)21(35-13-32-4)18(34-12-31-3)20(25)24(15,2)6-7-26(14)36-8-9-37-26/h14-22,28-29H,6-13H2,1-5H3/t14-,15-,16+,17+,18+,19+,20+,21-,22-,24-,25-,27-/m0/s1. The molecule has 0 unspecified atom stereocenters. The van der Waals surface area contributed by atoms with Crippen molar-refractivity contribution in [2.45, 2.75) is 75.2 Å². The first-order valence-corrected chi connectivity index (χ1v) is 13.9. The first kappa shape index (κ1) is 28.2. The van der Waals surface area contributed by atoms with E-state index in [9.17, 15) is 15.0 Å². The Labute approximate surface area is 228 Å². The zero-order valence-corrected chi connectivity index (χ0v) is 23.3. The van der Waals surface area contributed by atoms with Crippen molar-refractivity contribution in [1.29, 1.82) is 0 Å². The van der Waals surface area contributed by atoms with Gasteiger partial charge in [-0.1, -0.05) is 13.8 Å². The highest BCUT2D eigenvalue weighted by atomic mass is 16.7. The largest absolute Gasteiger partial charge is 0.467 e. The van der Waals surface area contributed by atoms with E-state index in [-0.39, 0.29) is 43.4 Å². The van der Waals surface area contributed by atoms with Gasteiger partial charge in [-0.2, -0.15) is 0 Å². The fourth-order valence-corrected chi connectivity index (χ4v) is 9.81. The molecule has 0 radical (unpaired) electrons. The number of hydrogen-bond acceptors (Lipinski definition) is 12. The van der Waals surface area contributed by atoms with Crippen LogP contribution >= 0.6 is 0 Å². The first-order valence-electron chi connectivity index (χ1n) is 13.9. The summed E-state index contributed by atoms with van der Waals surface area (Å²) >= 11 is 0. The van der Waals surface area contributed by atoms with Gasteiger partial charge in [-0.25, -0.2) is 4.79 Å². The zero-order valence-electron chi connectivity index (χ0n) is 23.3. The molecule has 0 aromatic rings. The smallest absolute Gasteiger partial charge is 0.341 e. The van der Waals surface area contributed by atoms with Gasteiger partial charge in [0, 0.05) is 43.8 Å². The van der Waals surface area contributed by atoms with E-state index in [1.54, 1.807) is 0 Å². The van der Waals surface area contributed by atoms with Gasteiger partial charge in [0.15, 0.2) is 17.7 Å². The number of ether oxygens (including phenoxy) is 9. The number of methoxy groups -OCH3 is 3. The summed E-state index contributed by atoms with van der Waals surface area (Å²) in [6.07, 6.45) is -3.18. The molecule has 12 atom stereocenters. The zero-order chi connectivity index (χ0) is 27.8. The van der Waals surface area contributed by atoms with Crippen molar-refractivity contribution in [3.63, 3.8) is 0 Å². The Balaban J connectivity index is 1.55. The summed E-state index contributed by atoms with van der Waals surface area (Å²) in [4.78, 5) is 13.7. The Bertz CT molecular complexity index is 942. The number of fused-ring (bicyclic) bond motifs is 2. The number of carbonyl (C=O) groups excluding carboxylic acids is 1. The van der Waals surface area contributed by atoms with Gasteiger partial charge in [-0.05, 0) is 24.2 Å². The van der Waals surface area contributed by atoms with Crippen molar-refractivity contribution in [2.24, 2.45) is 34.5 Å². The lowest BCUT2D eigenvalue weighted by Crippen LogP contribution is -2.80. The van der Waals surface area contributed by atoms with Gasteiger partial charge < -0.3 is 52.8 Å². The van der Waals surface area contributed by atoms with Crippen LogP contribution in [0.2, 0.25) is 0 Å². The predicted octanol–water partition coefficient (Wildman–Crippen LogP) is 0.416. The van der Waals surface area contributed by atoms with Crippen LogP contribution in [-0.4, -0.2) is 113 Å².